The molecule has 1 aromatic carbocycles. The van der Waals surface area contributed by atoms with E-state index in [2.05, 4.69) is 31.6 Å². The van der Waals surface area contributed by atoms with Crippen molar-refractivity contribution >= 4 is 91.3 Å². The summed E-state index contributed by atoms with van der Waals surface area (Å²) in [6.45, 7) is 16.2. The zero-order chi connectivity index (χ0) is 25.3. The number of hydrogen-bond donors (Lipinski definition) is 1. The molecule has 0 aromatic heterocycles. The molecular formula is C23H27I3N4O3. The number of benzene rings is 1. The lowest BCUT2D eigenvalue weighted by atomic mass is 10.1. The summed E-state index contributed by atoms with van der Waals surface area (Å²) in [5.74, 6) is -0.568. The monoisotopic (exact) mass is 788 g/mol. The first-order chi connectivity index (χ1) is 15.6. The summed E-state index contributed by atoms with van der Waals surface area (Å²) in [6.07, 6.45) is 6.52. The fourth-order valence-electron chi connectivity index (χ4n) is 2.79. The number of halogens is 3. The Morgan fingerprint density at radius 3 is 1.33 bits per heavy atom. The predicted octanol–water partition coefficient (Wildman–Crippen LogP) is 5.22. The van der Waals surface area contributed by atoms with Gasteiger partial charge in [0.25, 0.3) is 11.8 Å². The van der Waals surface area contributed by atoms with Gasteiger partial charge in [-0.2, -0.15) is 0 Å². The van der Waals surface area contributed by atoms with Gasteiger partial charge in [-0.1, -0.05) is 24.3 Å². The maximum atomic E-state index is 13.6. The molecule has 178 valence electrons. The van der Waals surface area contributed by atoms with Crippen molar-refractivity contribution in [2.24, 2.45) is 0 Å². The van der Waals surface area contributed by atoms with Gasteiger partial charge in [-0.05, 0) is 67.8 Å². The van der Waals surface area contributed by atoms with E-state index in [-0.39, 0.29) is 17.8 Å². The van der Waals surface area contributed by atoms with Crippen LogP contribution in [0.15, 0.2) is 50.6 Å². The van der Waals surface area contributed by atoms with Gasteiger partial charge in [0.05, 0.1) is 24.0 Å². The van der Waals surface area contributed by atoms with Gasteiger partial charge in [-0.15, -0.1) is 26.3 Å². The summed E-state index contributed by atoms with van der Waals surface area (Å²) in [6, 6.07) is -0.369. The summed E-state index contributed by atoms with van der Waals surface area (Å²) < 4.78 is 1.61. The van der Waals surface area contributed by atoms with E-state index in [9.17, 15) is 14.4 Å². The molecule has 0 saturated heterocycles. The topological polar surface area (TPSA) is 73.0 Å². The average molecular weight is 788 g/mol. The Hall–Kier alpha value is -1.42. The van der Waals surface area contributed by atoms with Gasteiger partial charge in [-0.25, -0.2) is 4.79 Å². The molecule has 33 heavy (non-hydrogen) atoms. The van der Waals surface area contributed by atoms with E-state index in [1.165, 1.54) is 4.90 Å². The van der Waals surface area contributed by atoms with Gasteiger partial charge < -0.3 is 20.0 Å². The molecule has 0 radical (unpaired) electrons. The number of hydrogen-bond acceptors (Lipinski definition) is 3. The van der Waals surface area contributed by atoms with E-state index in [1.54, 1.807) is 48.2 Å². The number of nitrogens with one attached hydrogen (secondary N) is 1. The number of rotatable bonds is 11. The van der Waals surface area contributed by atoms with Crippen molar-refractivity contribution in [1.82, 2.24) is 14.7 Å². The van der Waals surface area contributed by atoms with Crippen molar-refractivity contribution in [3.63, 3.8) is 0 Å². The van der Waals surface area contributed by atoms with E-state index >= 15 is 0 Å². The molecule has 0 aliphatic rings. The highest BCUT2D eigenvalue weighted by molar-refractivity contribution is 14.1. The summed E-state index contributed by atoms with van der Waals surface area (Å²) in [7, 11) is 3.23. The van der Waals surface area contributed by atoms with Crippen LogP contribution in [0.25, 0.3) is 0 Å². The van der Waals surface area contributed by atoms with Gasteiger partial charge >= 0.3 is 6.03 Å². The minimum atomic E-state index is -0.369. The molecule has 0 unspecified atom stereocenters. The first-order valence-electron chi connectivity index (χ1n) is 9.78. The minimum Gasteiger partial charge on any atom is -0.331 e. The van der Waals surface area contributed by atoms with Crippen LogP contribution in [0.2, 0.25) is 0 Å². The molecule has 1 rings (SSSR count). The fourth-order valence-corrected chi connectivity index (χ4v) is 7.15. The lowest BCUT2D eigenvalue weighted by Gasteiger charge is -2.26. The first kappa shape index (κ1) is 29.6. The predicted molar refractivity (Wildman–Crippen MR) is 160 cm³/mol. The number of carbonyl (C=O) groups is 3. The smallest absolute Gasteiger partial charge is 0.321 e. The van der Waals surface area contributed by atoms with E-state index < -0.39 is 0 Å². The third kappa shape index (κ3) is 7.28. The molecule has 0 saturated carbocycles. The largest absolute Gasteiger partial charge is 0.331 e. The van der Waals surface area contributed by atoms with Crippen LogP contribution in [0.5, 0.6) is 0 Å². The SMILES string of the molecule is C=CCN(CC=C)C(=O)c1c(I)c(NC(=O)N(C)C)c(I)c(C(=O)N(CC=C)CC=C)c1I. The van der Waals surface area contributed by atoms with E-state index in [1.807, 2.05) is 67.8 Å². The van der Waals surface area contributed by atoms with Crippen LogP contribution >= 0.6 is 67.8 Å². The summed E-state index contributed by atoms with van der Waals surface area (Å²) >= 11 is 6.13. The maximum Gasteiger partial charge on any atom is 0.321 e. The Morgan fingerprint density at radius 2 is 1.06 bits per heavy atom. The molecular weight excluding hydrogens is 761 g/mol. The van der Waals surface area contributed by atoms with Crippen molar-refractivity contribution in [3.8, 4) is 0 Å². The van der Waals surface area contributed by atoms with Crippen molar-refractivity contribution in [3.05, 3.63) is 72.5 Å². The second-order valence-corrected chi connectivity index (χ2v) is 10.2. The number of anilines is 1. The fraction of sp³-hybridized carbons (Fsp3) is 0.261. The highest BCUT2D eigenvalue weighted by Crippen LogP contribution is 2.37. The van der Waals surface area contributed by atoms with Crippen LogP contribution in [0.4, 0.5) is 10.5 Å². The van der Waals surface area contributed by atoms with Gasteiger partial charge in [-0.3, -0.25) is 9.59 Å². The number of carbonyl (C=O) groups excluding carboxylic acids is 3. The molecule has 0 fully saturated rings. The Bertz CT molecular complexity index is 893. The minimum absolute atomic E-state index is 0.284. The van der Waals surface area contributed by atoms with Crippen LogP contribution in [0.1, 0.15) is 20.7 Å². The number of nitrogens with zero attached hydrogens (tertiary/aromatic N) is 3. The lowest BCUT2D eigenvalue weighted by Crippen LogP contribution is -2.36. The number of amides is 4. The molecule has 0 aliphatic carbocycles. The second-order valence-electron chi connectivity index (χ2n) is 6.97. The standard InChI is InChI=1S/C23H27I3N4O3/c1-7-11-29(12-8-2)21(31)15-17(24)16(22(32)30(13-9-3)14-10-4)19(26)20(18(15)25)27-23(33)28(5)6/h7-10H,1-4,11-14H2,5-6H3,(H,27,33). The average Bonchev–Trinajstić information content (AvgIpc) is 2.75. The van der Waals surface area contributed by atoms with E-state index in [0.29, 0.717) is 53.7 Å². The molecule has 0 heterocycles. The van der Waals surface area contributed by atoms with E-state index in [0.717, 1.165) is 0 Å². The van der Waals surface area contributed by atoms with E-state index in [4.69, 9.17) is 0 Å². The number of urea groups is 1. The van der Waals surface area contributed by atoms with Crippen molar-refractivity contribution in [1.29, 1.82) is 0 Å². The third-order valence-electron chi connectivity index (χ3n) is 4.36. The molecule has 1 N–H and O–H groups in total. The molecule has 4 amide bonds. The Morgan fingerprint density at radius 1 is 0.727 bits per heavy atom. The Kier molecular flexibility index (Phi) is 12.6. The molecule has 7 nitrogen and oxygen atoms in total. The zero-order valence-corrected chi connectivity index (χ0v) is 25.1. The molecule has 0 spiro atoms. The molecule has 0 aliphatic heterocycles. The van der Waals surface area contributed by atoms with Gasteiger partial charge in [0.2, 0.25) is 0 Å². The first-order valence-corrected chi connectivity index (χ1v) is 13.0. The van der Waals surface area contributed by atoms with Crippen LogP contribution in [-0.2, 0) is 0 Å². The van der Waals surface area contributed by atoms with Crippen LogP contribution in [-0.4, -0.2) is 72.8 Å². The quantitative estimate of drug-likeness (QED) is 0.247. The van der Waals surface area contributed by atoms with Crippen LogP contribution in [0.3, 0.4) is 0 Å². The Balaban J connectivity index is 3.90. The highest BCUT2D eigenvalue weighted by atomic mass is 127. The van der Waals surface area contributed by atoms with Crippen LogP contribution in [0, 0.1) is 10.7 Å². The van der Waals surface area contributed by atoms with Gasteiger partial charge in [0.1, 0.15) is 0 Å². The highest BCUT2D eigenvalue weighted by Gasteiger charge is 2.31. The summed E-state index contributed by atoms with van der Waals surface area (Å²) in [5, 5.41) is 2.85. The molecule has 0 atom stereocenters. The van der Waals surface area contributed by atoms with Gasteiger partial charge in [0.15, 0.2) is 0 Å². The second kappa shape index (κ2) is 14.1. The molecule has 10 heteroatoms. The van der Waals surface area contributed by atoms with Gasteiger partial charge in [0, 0.05) is 43.8 Å². The van der Waals surface area contributed by atoms with Crippen molar-refractivity contribution in [2.75, 3.05) is 45.6 Å². The zero-order valence-electron chi connectivity index (χ0n) is 18.7. The normalized spacial score (nSPS) is 10.1. The maximum absolute atomic E-state index is 13.6. The molecule has 0 bridgehead atoms. The summed E-state index contributed by atoms with van der Waals surface area (Å²) in [5.41, 5.74) is 1.10. The third-order valence-corrected chi connectivity index (χ3v) is 7.59. The lowest BCUT2D eigenvalue weighted by molar-refractivity contribution is 0.0786. The Labute approximate surface area is 236 Å². The summed E-state index contributed by atoms with van der Waals surface area (Å²) in [4.78, 5) is 44.2. The van der Waals surface area contributed by atoms with Crippen molar-refractivity contribution < 1.29 is 14.4 Å². The van der Waals surface area contributed by atoms with Crippen LogP contribution < -0.4 is 5.32 Å². The van der Waals surface area contributed by atoms with Crippen molar-refractivity contribution in [2.45, 2.75) is 0 Å². The molecule has 1 aromatic rings.